The van der Waals surface area contributed by atoms with E-state index in [-0.39, 0.29) is 35.1 Å². The summed E-state index contributed by atoms with van der Waals surface area (Å²) >= 11 is 2.82. The Balaban J connectivity index is 1.39. The van der Waals surface area contributed by atoms with Crippen LogP contribution in [0, 0.1) is 0 Å². The van der Waals surface area contributed by atoms with E-state index in [1.54, 1.807) is 0 Å². The summed E-state index contributed by atoms with van der Waals surface area (Å²) in [4.78, 5) is 54.0. The third-order valence-electron chi connectivity index (χ3n) is 6.25. The lowest BCUT2D eigenvalue weighted by molar-refractivity contribution is -0.154. The van der Waals surface area contributed by atoms with Gasteiger partial charge in [-0.1, -0.05) is 66.7 Å². The molecular weight excluding hydrogens is 508 g/mol. The smallest absolute Gasteiger partial charge is 0.356 e. The molecule has 7 nitrogen and oxygen atoms in total. The van der Waals surface area contributed by atoms with E-state index in [1.807, 2.05) is 78.2 Å². The number of carbonyl (C=O) groups is 4. The number of thiophene rings is 1. The Morgan fingerprint density at radius 2 is 1.65 bits per heavy atom. The van der Waals surface area contributed by atoms with Crippen LogP contribution < -0.4 is 5.32 Å². The van der Waals surface area contributed by atoms with Gasteiger partial charge in [-0.15, -0.1) is 23.1 Å². The number of hydrogen-bond donors (Lipinski definition) is 1. The molecule has 1 aromatic heterocycles. The van der Waals surface area contributed by atoms with Crippen molar-refractivity contribution in [2.75, 3.05) is 5.75 Å². The fourth-order valence-corrected chi connectivity index (χ4v) is 6.54. The number of benzene rings is 2. The summed E-state index contributed by atoms with van der Waals surface area (Å²) in [5.41, 5.74) is 1.73. The van der Waals surface area contributed by atoms with Crippen LogP contribution in [0.1, 0.15) is 29.0 Å². The van der Waals surface area contributed by atoms with Gasteiger partial charge in [-0.2, -0.15) is 0 Å². The molecule has 1 saturated heterocycles. The summed E-state index contributed by atoms with van der Waals surface area (Å²) in [5.74, 6) is -1.50. The summed E-state index contributed by atoms with van der Waals surface area (Å²) in [5, 5.41) is 4.20. The zero-order valence-electron chi connectivity index (χ0n) is 20.0. The first-order chi connectivity index (χ1) is 17.9. The first-order valence-corrected chi connectivity index (χ1v) is 13.7. The molecule has 1 N–H and O–H groups in total. The first-order valence-electron chi connectivity index (χ1n) is 11.8. The van der Waals surface area contributed by atoms with Crippen molar-refractivity contribution in [3.63, 3.8) is 0 Å². The predicted octanol–water partition coefficient (Wildman–Crippen LogP) is 3.87. The zero-order valence-corrected chi connectivity index (χ0v) is 21.6. The van der Waals surface area contributed by atoms with Gasteiger partial charge in [0, 0.05) is 16.2 Å². The molecule has 0 saturated carbocycles. The molecule has 1 fully saturated rings. The van der Waals surface area contributed by atoms with Gasteiger partial charge < -0.3 is 10.1 Å². The number of thioether (sulfide) groups is 1. The molecule has 0 aliphatic carbocycles. The minimum absolute atomic E-state index is 0.0399. The minimum atomic E-state index is -0.771. The number of Topliss-reactive ketones (excluding diaryl/α,β-unsaturated/α-hetero) is 1. The molecule has 188 valence electrons. The number of hydrogen-bond acceptors (Lipinski definition) is 7. The van der Waals surface area contributed by atoms with Gasteiger partial charge in [0.2, 0.25) is 5.91 Å². The maximum Gasteiger partial charge on any atom is 0.356 e. The second-order valence-electron chi connectivity index (χ2n) is 8.70. The van der Waals surface area contributed by atoms with E-state index in [9.17, 15) is 19.2 Å². The lowest BCUT2D eigenvalue weighted by Crippen LogP contribution is -2.70. The minimum Gasteiger partial charge on any atom is -0.448 e. The monoisotopic (exact) mass is 532 g/mol. The van der Waals surface area contributed by atoms with E-state index in [0.29, 0.717) is 0 Å². The Morgan fingerprint density at radius 1 is 1.00 bits per heavy atom. The lowest BCUT2D eigenvalue weighted by atomic mass is 10.00. The van der Waals surface area contributed by atoms with Gasteiger partial charge in [-0.3, -0.25) is 19.3 Å². The van der Waals surface area contributed by atoms with Crippen LogP contribution in [0.2, 0.25) is 0 Å². The van der Waals surface area contributed by atoms with Crippen molar-refractivity contribution in [1.29, 1.82) is 0 Å². The standard InChI is InChI=1S/C28H24N2O5S2/c1-17(31)21-16-37-27-23(29-22(32)15-20-13-8-14-36-20)26(33)30(27)24(21)28(34)35-25(18-9-4-2-5-10-18)19-11-6-3-7-12-19/h2-14,23,25,27H,15-16H2,1H3,(H,29,32)/t23?,27-/m0/s1. The van der Waals surface area contributed by atoms with Crippen molar-refractivity contribution in [1.82, 2.24) is 10.2 Å². The molecule has 2 aromatic carbocycles. The Labute approximate surface area is 222 Å². The molecule has 2 amide bonds. The van der Waals surface area contributed by atoms with Crippen LogP contribution in [0.25, 0.3) is 0 Å². The van der Waals surface area contributed by atoms with Crippen LogP contribution in [-0.2, 0) is 30.3 Å². The van der Waals surface area contributed by atoms with Crippen molar-refractivity contribution in [2.24, 2.45) is 0 Å². The molecule has 9 heteroatoms. The van der Waals surface area contributed by atoms with E-state index in [4.69, 9.17) is 4.74 Å². The van der Waals surface area contributed by atoms with Crippen LogP contribution in [0.15, 0.2) is 89.4 Å². The molecule has 2 aliphatic heterocycles. The highest BCUT2D eigenvalue weighted by Gasteiger charge is 2.55. The van der Waals surface area contributed by atoms with Gasteiger partial charge >= 0.3 is 5.97 Å². The second kappa shape index (κ2) is 10.7. The van der Waals surface area contributed by atoms with Gasteiger partial charge in [-0.25, -0.2) is 4.79 Å². The van der Waals surface area contributed by atoms with Crippen LogP contribution >= 0.6 is 23.1 Å². The summed E-state index contributed by atoms with van der Waals surface area (Å²) in [6.07, 6.45) is -0.542. The van der Waals surface area contributed by atoms with E-state index in [0.717, 1.165) is 16.0 Å². The molecule has 1 unspecified atom stereocenters. The van der Waals surface area contributed by atoms with Gasteiger partial charge in [0.1, 0.15) is 17.1 Å². The number of esters is 1. The maximum atomic E-state index is 13.6. The van der Waals surface area contributed by atoms with Gasteiger partial charge in [-0.05, 0) is 29.5 Å². The number of β-lactam (4-membered cyclic amide) rings is 1. The average Bonchev–Trinajstić information content (AvgIpc) is 3.43. The predicted molar refractivity (Wildman–Crippen MR) is 142 cm³/mol. The number of ether oxygens (including phenoxy) is 1. The lowest BCUT2D eigenvalue weighted by Gasteiger charge is -2.49. The summed E-state index contributed by atoms with van der Waals surface area (Å²) in [6.45, 7) is 1.37. The quantitative estimate of drug-likeness (QED) is 0.350. The summed E-state index contributed by atoms with van der Waals surface area (Å²) in [7, 11) is 0. The first kappa shape index (κ1) is 25.0. The highest BCUT2D eigenvalue weighted by molar-refractivity contribution is 8.00. The van der Waals surface area contributed by atoms with Crippen LogP contribution in [0.5, 0.6) is 0 Å². The topological polar surface area (TPSA) is 92.8 Å². The third-order valence-corrected chi connectivity index (χ3v) is 8.40. The van der Waals surface area contributed by atoms with Crippen molar-refractivity contribution in [3.05, 3.63) is 105 Å². The molecule has 0 radical (unpaired) electrons. The molecule has 3 aromatic rings. The van der Waals surface area contributed by atoms with Crippen LogP contribution in [-0.4, -0.2) is 45.6 Å². The fraction of sp³-hybridized carbons (Fsp3) is 0.214. The molecule has 5 rings (SSSR count). The van der Waals surface area contributed by atoms with Gasteiger partial charge in [0.25, 0.3) is 5.91 Å². The van der Waals surface area contributed by atoms with Gasteiger partial charge in [0.15, 0.2) is 11.9 Å². The maximum absolute atomic E-state index is 13.6. The van der Waals surface area contributed by atoms with Gasteiger partial charge in [0.05, 0.1) is 6.42 Å². The largest absolute Gasteiger partial charge is 0.448 e. The Morgan fingerprint density at radius 3 is 2.22 bits per heavy atom. The van der Waals surface area contributed by atoms with Crippen molar-refractivity contribution in [2.45, 2.75) is 30.9 Å². The molecule has 0 spiro atoms. The molecule has 2 aliphatic rings. The third kappa shape index (κ3) is 5.10. The van der Waals surface area contributed by atoms with Crippen molar-refractivity contribution in [3.8, 4) is 0 Å². The van der Waals surface area contributed by atoms with Crippen LogP contribution in [0.4, 0.5) is 0 Å². The number of carbonyl (C=O) groups excluding carboxylic acids is 4. The Kier molecular flexibility index (Phi) is 7.25. The second-order valence-corrected chi connectivity index (χ2v) is 10.8. The number of fused-ring (bicyclic) bond motifs is 1. The number of nitrogens with one attached hydrogen (secondary N) is 1. The zero-order chi connectivity index (χ0) is 25.9. The van der Waals surface area contributed by atoms with Crippen LogP contribution in [0.3, 0.4) is 0 Å². The highest BCUT2D eigenvalue weighted by atomic mass is 32.2. The number of amides is 2. The summed E-state index contributed by atoms with van der Waals surface area (Å²) < 4.78 is 5.99. The van der Waals surface area contributed by atoms with Crippen molar-refractivity contribution < 1.29 is 23.9 Å². The molecular formula is C28H24N2O5S2. The van der Waals surface area contributed by atoms with E-state index >= 15 is 0 Å². The molecule has 3 heterocycles. The molecule has 37 heavy (non-hydrogen) atoms. The number of rotatable bonds is 8. The number of ketones is 1. The SMILES string of the molecule is CC(=O)C1=C(C(=O)OC(c2ccccc2)c2ccccc2)N2C(=O)C(NC(=O)Cc3cccs3)[C@@H]2SC1. The number of nitrogens with zero attached hydrogens (tertiary/aromatic N) is 1. The van der Waals surface area contributed by atoms with E-state index < -0.39 is 29.4 Å². The summed E-state index contributed by atoms with van der Waals surface area (Å²) in [6, 6.07) is 21.6. The highest BCUT2D eigenvalue weighted by Crippen LogP contribution is 2.41. The normalized spacial score (nSPS) is 18.8. The van der Waals surface area contributed by atoms with E-state index in [1.165, 1.54) is 34.9 Å². The Hall–Kier alpha value is -3.69. The average molecular weight is 533 g/mol. The van der Waals surface area contributed by atoms with Crippen molar-refractivity contribution >= 4 is 46.7 Å². The molecule has 2 atom stereocenters. The molecule has 0 bridgehead atoms. The van der Waals surface area contributed by atoms with E-state index in [2.05, 4.69) is 5.32 Å². The fourth-order valence-electron chi connectivity index (χ4n) is 4.42. The Bertz CT molecular complexity index is 1320.